The highest BCUT2D eigenvalue weighted by atomic mass is 32.2. The molecule has 4 heterocycles. The monoisotopic (exact) mass is 521 g/mol. The molecule has 4 fully saturated rings. The van der Waals surface area contributed by atoms with E-state index in [1.165, 1.54) is 16.6 Å². The molecule has 1 aliphatic carbocycles. The van der Waals surface area contributed by atoms with E-state index < -0.39 is 10.0 Å². The number of benzene rings is 1. The predicted octanol–water partition coefficient (Wildman–Crippen LogP) is 3.11. The molecule has 4 aliphatic heterocycles. The van der Waals surface area contributed by atoms with Gasteiger partial charge in [0.15, 0.2) is 0 Å². The van der Waals surface area contributed by atoms with Gasteiger partial charge in [0.05, 0.1) is 25.2 Å². The Bertz CT molecular complexity index is 1120. The van der Waals surface area contributed by atoms with Crippen LogP contribution >= 0.6 is 0 Å². The minimum atomic E-state index is -3.43. The van der Waals surface area contributed by atoms with Gasteiger partial charge in [0.1, 0.15) is 11.9 Å². The quantitative estimate of drug-likeness (QED) is 0.608. The lowest BCUT2D eigenvalue weighted by Gasteiger charge is -2.42. The Morgan fingerprint density at radius 3 is 2.69 bits per heavy atom. The van der Waals surface area contributed by atoms with E-state index in [1.807, 2.05) is 4.90 Å². The molecule has 1 saturated carbocycles. The van der Waals surface area contributed by atoms with E-state index in [4.69, 9.17) is 9.47 Å². The first-order chi connectivity index (χ1) is 17.2. The zero-order valence-corrected chi connectivity index (χ0v) is 21.7. The van der Waals surface area contributed by atoms with Crippen LogP contribution in [0.25, 0.3) is 0 Å². The number of sulfonamides is 1. The van der Waals surface area contributed by atoms with Crippen LogP contribution in [0.3, 0.4) is 0 Å². The van der Waals surface area contributed by atoms with E-state index >= 15 is 0 Å². The second-order valence-corrected chi connectivity index (χ2v) is 13.3. The zero-order valence-electron chi connectivity index (χ0n) is 20.9. The third-order valence-electron chi connectivity index (χ3n) is 9.31. The molecule has 6 rings (SSSR count). The summed E-state index contributed by atoms with van der Waals surface area (Å²) in [5.41, 5.74) is 1.11. The van der Waals surface area contributed by atoms with E-state index in [9.17, 15) is 17.6 Å². The standard InChI is InChI=1S/C26H36FN3O5S/c1-36(32,33)30-17-26(22-14-19(27)4-5-23(22)30)7-10-28(11-8-26)20-13-18-3-2-9-29(24(18)15-20)25(31)35-21-6-12-34-16-21/h4-5,14,18,20-21,24H,2-3,6-13,15-17H2,1H3/t18?,20?,21-,24?/m0/s1. The van der Waals surface area contributed by atoms with Crippen molar-refractivity contribution < 1.29 is 27.1 Å². The number of amides is 1. The molecule has 1 aromatic rings. The van der Waals surface area contributed by atoms with E-state index in [-0.39, 0.29) is 29.5 Å². The first-order valence-electron chi connectivity index (χ1n) is 13.3. The summed E-state index contributed by atoms with van der Waals surface area (Å²) >= 11 is 0. The maximum atomic E-state index is 14.2. The molecule has 3 unspecified atom stereocenters. The van der Waals surface area contributed by atoms with Gasteiger partial charge in [-0.25, -0.2) is 17.6 Å². The fourth-order valence-electron chi connectivity index (χ4n) is 7.43. The van der Waals surface area contributed by atoms with Crippen molar-refractivity contribution >= 4 is 21.8 Å². The number of anilines is 1. The molecule has 4 atom stereocenters. The maximum absolute atomic E-state index is 14.2. The predicted molar refractivity (Wildman–Crippen MR) is 133 cm³/mol. The first-order valence-corrected chi connectivity index (χ1v) is 15.2. The van der Waals surface area contributed by atoms with Crippen molar-refractivity contribution in [3.8, 4) is 0 Å². The van der Waals surface area contributed by atoms with Crippen molar-refractivity contribution in [2.45, 2.75) is 68.5 Å². The van der Waals surface area contributed by atoms with Gasteiger partial charge in [-0.05, 0) is 81.3 Å². The summed E-state index contributed by atoms with van der Waals surface area (Å²) < 4.78 is 51.8. The topological polar surface area (TPSA) is 79.4 Å². The van der Waals surface area contributed by atoms with Gasteiger partial charge in [0.25, 0.3) is 0 Å². The second-order valence-electron chi connectivity index (χ2n) is 11.4. The third kappa shape index (κ3) is 4.28. The highest BCUT2D eigenvalue weighted by molar-refractivity contribution is 7.92. The number of rotatable bonds is 3. The summed E-state index contributed by atoms with van der Waals surface area (Å²) in [6.45, 7) is 3.99. The van der Waals surface area contributed by atoms with E-state index in [0.717, 1.165) is 70.1 Å². The molecule has 0 bridgehead atoms. The van der Waals surface area contributed by atoms with Crippen molar-refractivity contribution in [2.75, 3.05) is 50.0 Å². The fraction of sp³-hybridized carbons (Fsp3) is 0.731. The average molecular weight is 522 g/mol. The molecule has 1 aromatic carbocycles. The van der Waals surface area contributed by atoms with Crippen molar-refractivity contribution in [1.82, 2.24) is 9.80 Å². The molecule has 1 spiro atoms. The molecule has 8 nitrogen and oxygen atoms in total. The summed E-state index contributed by atoms with van der Waals surface area (Å²) in [5, 5.41) is 0. The number of halogens is 1. The van der Waals surface area contributed by atoms with Crippen molar-refractivity contribution in [1.29, 1.82) is 0 Å². The number of ether oxygens (including phenoxy) is 2. The number of likely N-dealkylation sites (tertiary alicyclic amines) is 2. The van der Waals surface area contributed by atoms with Gasteiger partial charge >= 0.3 is 6.09 Å². The molecule has 5 aliphatic rings. The number of nitrogens with zero attached hydrogens (tertiary/aromatic N) is 3. The Morgan fingerprint density at radius 2 is 1.97 bits per heavy atom. The Kier molecular flexibility index (Phi) is 6.20. The number of fused-ring (bicyclic) bond motifs is 3. The highest BCUT2D eigenvalue weighted by Gasteiger charge is 2.50. The molecule has 3 saturated heterocycles. The van der Waals surface area contributed by atoms with Gasteiger partial charge in [0.2, 0.25) is 10.0 Å². The Balaban J connectivity index is 1.13. The lowest BCUT2D eigenvalue weighted by Crippen LogP contribution is -2.49. The Morgan fingerprint density at radius 1 is 1.17 bits per heavy atom. The van der Waals surface area contributed by atoms with Crippen molar-refractivity contribution in [2.24, 2.45) is 5.92 Å². The van der Waals surface area contributed by atoms with Crippen LogP contribution in [0.15, 0.2) is 18.2 Å². The van der Waals surface area contributed by atoms with Crippen LogP contribution in [0, 0.1) is 11.7 Å². The fourth-order valence-corrected chi connectivity index (χ4v) is 8.43. The Hall–Kier alpha value is -1.91. The molecule has 1 amide bonds. The minimum Gasteiger partial charge on any atom is -0.444 e. The molecule has 10 heteroatoms. The molecular formula is C26H36FN3O5S. The van der Waals surface area contributed by atoms with Crippen molar-refractivity contribution in [3.63, 3.8) is 0 Å². The maximum Gasteiger partial charge on any atom is 0.410 e. The largest absolute Gasteiger partial charge is 0.444 e. The molecule has 0 radical (unpaired) electrons. The van der Waals surface area contributed by atoms with Gasteiger partial charge < -0.3 is 19.3 Å². The van der Waals surface area contributed by atoms with Crippen LogP contribution in [0.5, 0.6) is 0 Å². The van der Waals surface area contributed by atoms with Gasteiger partial charge in [-0.2, -0.15) is 0 Å². The Labute approximate surface area is 212 Å². The normalized spacial score (nSPS) is 32.1. The number of piperidine rings is 2. The summed E-state index contributed by atoms with van der Waals surface area (Å²) in [4.78, 5) is 17.5. The van der Waals surface area contributed by atoms with E-state index in [2.05, 4.69) is 4.90 Å². The smallest absolute Gasteiger partial charge is 0.410 e. The third-order valence-corrected chi connectivity index (χ3v) is 10.4. The summed E-state index contributed by atoms with van der Waals surface area (Å²) in [6, 6.07) is 5.12. The van der Waals surface area contributed by atoms with Gasteiger partial charge in [-0.1, -0.05) is 0 Å². The van der Waals surface area contributed by atoms with E-state index in [0.29, 0.717) is 37.4 Å². The lowest BCUT2D eigenvalue weighted by atomic mass is 9.74. The first kappa shape index (κ1) is 24.4. The number of carbonyl (C=O) groups excluding carboxylic acids is 1. The number of hydrogen-bond acceptors (Lipinski definition) is 6. The molecule has 198 valence electrons. The summed E-state index contributed by atoms with van der Waals surface area (Å²) in [6.07, 6.45) is 7.47. The van der Waals surface area contributed by atoms with Crippen LogP contribution < -0.4 is 4.31 Å². The molecule has 0 aromatic heterocycles. The van der Waals surface area contributed by atoms with Crippen molar-refractivity contribution in [3.05, 3.63) is 29.6 Å². The SMILES string of the molecule is CS(=O)(=O)N1CC2(CCN(C3CC4CCCN(C(=O)O[C@H]5CCOC5)C4C3)CC2)c2cc(F)ccc21. The van der Waals surface area contributed by atoms with Gasteiger partial charge in [0, 0.05) is 37.0 Å². The van der Waals surface area contributed by atoms with Gasteiger partial charge in [-0.3, -0.25) is 4.31 Å². The zero-order chi connectivity index (χ0) is 25.1. The van der Waals surface area contributed by atoms with Crippen LogP contribution in [0.2, 0.25) is 0 Å². The van der Waals surface area contributed by atoms with Crippen LogP contribution in [-0.2, 0) is 24.9 Å². The minimum absolute atomic E-state index is 0.126. The number of carbonyl (C=O) groups is 1. The summed E-state index contributed by atoms with van der Waals surface area (Å²) in [7, 11) is -3.43. The second kappa shape index (κ2) is 9.13. The van der Waals surface area contributed by atoms with Crippen LogP contribution in [-0.4, -0.2) is 88.1 Å². The molecular weight excluding hydrogens is 485 g/mol. The molecule has 0 N–H and O–H groups in total. The molecule has 36 heavy (non-hydrogen) atoms. The van der Waals surface area contributed by atoms with Gasteiger partial charge in [-0.15, -0.1) is 0 Å². The van der Waals surface area contributed by atoms with Crippen LogP contribution in [0.4, 0.5) is 14.9 Å². The highest BCUT2D eigenvalue weighted by Crippen LogP contribution is 2.49. The van der Waals surface area contributed by atoms with E-state index in [1.54, 1.807) is 12.1 Å². The summed E-state index contributed by atoms with van der Waals surface area (Å²) in [5.74, 6) is 0.177. The lowest BCUT2D eigenvalue weighted by molar-refractivity contribution is 0.0286. The average Bonchev–Trinajstić information content (AvgIpc) is 3.58. The number of hydrogen-bond donors (Lipinski definition) is 0. The van der Waals surface area contributed by atoms with Crippen LogP contribution in [0.1, 0.15) is 50.5 Å².